The molecule has 8 heteroatoms. The van der Waals surface area contributed by atoms with Gasteiger partial charge < -0.3 is 24.1 Å². The van der Waals surface area contributed by atoms with E-state index in [0.717, 1.165) is 0 Å². The van der Waals surface area contributed by atoms with E-state index in [9.17, 15) is 4.79 Å². The Morgan fingerprint density at radius 3 is 2.48 bits per heavy atom. The summed E-state index contributed by atoms with van der Waals surface area (Å²) < 4.78 is 21.2. The lowest BCUT2D eigenvalue weighted by molar-refractivity contribution is 0.0932. The first-order valence-electron chi connectivity index (χ1n) is 9.15. The van der Waals surface area contributed by atoms with Crippen LogP contribution in [0.4, 0.5) is 0 Å². The van der Waals surface area contributed by atoms with Crippen LogP contribution in [0.3, 0.4) is 0 Å². The third-order valence-corrected chi connectivity index (χ3v) is 4.23. The Bertz CT molecular complexity index is 969. The molecule has 3 rings (SSSR count). The average Bonchev–Trinajstić information content (AvgIpc) is 3.24. The molecule has 0 saturated carbocycles. The number of hydrogen-bond donors (Lipinski definition) is 1. The molecular formula is C21H23N3O5. The molecule has 0 aliphatic rings. The topological polar surface area (TPSA) is 95.7 Å². The summed E-state index contributed by atoms with van der Waals surface area (Å²) in [6.45, 7) is 4.25. The van der Waals surface area contributed by atoms with E-state index in [1.54, 1.807) is 63.6 Å². The van der Waals surface area contributed by atoms with Gasteiger partial charge in [0, 0.05) is 11.1 Å². The molecule has 0 aliphatic carbocycles. The number of ether oxygens (including phenoxy) is 3. The van der Waals surface area contributed by atoms with Gasteiger partial charge in [-0.3, -0.25) is 4.79 Å². The monoisotopic (exact) mass is 397 g/mol. The predicted molar refractivity (Wildman–Crippen MR) is 106 cm³/mol. The standard InChI is InChI=1S/C21H23N3O5/c1-5-28-16-9-6-14(7-10-16)20(25)22-13(2)21-23-19(24-29-21)15-8-11-17(26-3)18(12-15)27-4/h6-13H,5H2,1-4H3,(H,22,25). The number of rotatable bonds is 8. The van der Waals surface area contributed by atoms with Crippen LogP contribution in [0.2, 0.25) is 0 Å². The third-order valence-electron chi connectivity index (χ3n) is 4.23. The lowest BCUT2D eigenvalue weighted by atomic mass is 10.2. The van der Waals surface area contributed by atoms with Gasteiger partial charge in [0.1, 0.15) is 11.8 Å². The van der Waals surface area contributed by atoms with Gasteiger partial charge in [-0.05, 0) is 56.3 Å². The predicted octanol–water partition coefficient (Wildman–Crippen LogP) is 3.64. The number of nitrogens with one attached hydrogen (secondary N) is 1. The van der Waals surface area contributed by atoms with Crippen LogP contribution in [0, 0.1) is 0 Å². The van der Waals surface area contributed by atoms with Gasteiger partial charge in [-0.2, -0.15) is 4.98 Å². The maximum absolute atomic E-state index is 12.5. The van der Waals surface area contributed by atoms with Crippen LogP contribution in [-0.4, -0.2) is 36.9 Å². The second kappa shape index (κ2) is 9.09. The van der Waals surface area contributed by atoms with Crippen LogP contribution in [0.5, 0.6) is 17.2 Å². The summed E-state index contributed by atoms with van der Waals surface area (Å²) >= 11 is 0. The summed E-state index contributed by atoms with van der Waals surface area (Å²) in [5.74, 6) is 2.33. The molecule has 152 valence electrons. The van der Waals surface area contributed by atoms with Gasteiger partial charge in [0.2, 0.25) is 11.7 Å². The van der Waals surface area contributed by atoms with Crippen LogP contribution in [0.25, 0.3) is 11.4 Å². The fourth-order valence-electron chi connectivity index (χ4n) is 2.71. The van der Waals surface area contributed by atoms with E-state index in [0.29, 0.717) is 46.7 Å². The van der Waals surface area contributed by atoms with E-state index in [1.165, 1.54) is 0 Å². The number of carbonyl (C=O) groups excluding carboxylic acids is 1. The minimum absolute atomic E-state index is 0.244. The summed E-state index contributed by atoms with van der Waals surface area (Å²) in [7, 11) is 3.13. The number of nitrogens with zero attached hydrogens (tertiary/aromatic N) is 2. The van der Waals surface area contributed by atoms with E-state index in [1.807, 2.05) is 6.92 Å². The van der Waals surface area contributed by atoms with Crippen molar-refractivity contribution in [1.29, 1.82) is 0 Å². The van der Waals surface area contributed by atoms with Crippen molar-refractivity contribution < 1.29 is 23.5 Å². The maximum atomic E-state index is 12.5. The first-order chi connectivity index (χ1) is 14.0. The summed E-state index contributed by atoms with van der Waals surface area (Å²) in [5, 5.41) is 6.85. The Balaban J connectivity index is 1.70. The van der Waals surface area contributed by atoms with Gasteiger partial charge in [0.25, 0.3) is 5.91 Å². The Morgan fingerprint density at radius 2 is 1.83 bits per heavy atom. The van der Waals surface area contributed by atoms with Gasteiger partial charge in [0.05, 0.1) is 20.8 Å². The minimum Gasteiger partial charge on any atom is -0.494 e. The molecule has 0 aliphatic heterocycles. The SMILES string of the molecule is CCOc1ccc(C(=O)NC(C)c2nc(-c3ccc(OC)c(OC)c3)no2)cc1. The van der Waals surface area contributed by atoms with Crippen molar-refractivity contribution >= 4 is 5.91 Å². The zero-order valence-electron chi connectivity index (χ0n) is 16.8. The van der Waals surface area contributed by atoms with Gasteiger partial charge in [0.15, 0.2) is 11.5 Å². The lowest BCUT2D eigenvalue weighted by Crippen LogP contribution is -2.26. The fraction of sp³-hybridized carbons (Fsp3) is 0.286. The molecule has 1 unspecified atom stereocenters. The molecule has 0 saturated heterocycles. The third kappa shape index (κ3) is 4.66. The first-order valence-corrected chi connectivity index (χ1v) is 9.15. The number of amides is 1. The average molecular weight is 397 g/mol. The Kier molecular flexibility index (Phi) is 6.33. The molecule has 0 fully saturated rings. The fourth-order valence-corrected chi connectivity index (χ4v) is 2.71. The highest BCUT2D eigenvalue weighted by atomic mass is 16.5. The summed E-state index contributed by atoms with van der Waals surface area (Å²) in [4.78, 5) is 16.8. The molecule has 0 bridgehead atoms. The largest absolute Gasteiger partial charge is 0.494 e. The number of aromatic nitrogens is 2. The number of methoxy groups -OCH3 is 2. The molecule has 0 spiro atoms. The number of carbonyl (C=O) groups is 1. The highest BCUT2D eigenvalue weighted by Crippen LogP contribution is 2.31. The second-order valence-electron chi connectivity index (χ2n) is 6.18. The number of benzene rings is 2. The van der Waals surface area contributed by atoms with Crippen molar-refractivity contribution in [2.75, 3.05) is 20.8 Å². The van der Waals surface area contributed by atoms with Gasteiger partial charge in [-0.1, -0.05) is 5.16 Å². The molecule has 2 aromatic carbocycles. The molecule has 3 aromatic rings. The first kappa shape index (κ1) is 20.2. The lowest BCUT2D eigenvalue weighted by Gasteiger charge is -2.10. The molecule has 1 atom stereocenters. The zero-order valence-corrected chi connectivity index (χ0v) is 16.8. The molecule has 29 heavy (non-hydrogen) atoms. The smallest absolute Gasteiger partial charge is 0.251 e. The molecule has 1 aromatic heterocycles. The van der Waals surface area contributed by atoms with Crippen LogP contribution in [0.15, 0.2) is 47.0 Å². The van der Waals surface area contributed by atoms with Gasteiger partial charge in [-0.25, -0.2) is 0 Å². The second-order valence-corrected chi connectivity index (χ2v) is 6.18. The van der Waals surface area contributed by atoms with E-state index in [2.05, 4.69) is 15.5 Å². The normalized spacial score (nSPS) is 11.6. The molecule has 0 radical (unpaired) electrons. The van der Waals surface area contributed by atoms with Crippen molar-refractivity contribution in [2.45, 2.75) is 19.9 Å². The highest BCUT2D eigenvalue weighted by Gasteiger charge is 2.19. The van der Waals surface area contributed by atoms with Crippen LogP contribution in [0.1, 0.15) is 36.1 Å². The van der Waals surface area contributed by atoms with Crippen molar-refractivity contribution in [3.8, 4) is 28.6 Å². The molecule has 1 amide bonds. The Hall–Kier alpha value is -3.55. The molecular weight excluding hydrogens is 374 g/mol. The van der Waals surface area contributed by atoms with Crippen molar-refractivity contribution in [3.63, 3.8) is 0 Å². The molecule has 1 N–H and O–H groups in total. The molecule has 8 nitrogen and oxygen atoms in total. The van der Waals surface area contributed by atoms with E-state index in [-0.39, 0.29) is 5.91 Å². The van der Waals surface area contributed by atoms with Crippen molar-refractivity contribution in [3.05, 3.63) is 53.9 Å². The van der Waals surface area contributed by atoms with Crippen molar-refractivity contribution in [1.82, 2.24) is 15.5 Å². The van der Waals surface area contributed by atoms with E-state index in [4.69, 9.17) is 18.7 Å². The van der Waals surface area contributed by atoms with E-state index >= 15 is 0 Å². The maximum Gasteiger partial charge on any atom is 0.251 e. The van der Waals surface area contributed by atoms with Crippen LogP contribution < -0.4 is 19.5 Å². The minimum atomic E-state index is -0.463. The Morgan fingerprint density at radius 1 is 1.10 bits per heavy atom. The quantitative estimate of drug-likeness (QED) is 0.620. The Labute approximate surface area is 168 Å². The zero-order chi connectivity index (χ0) is 20.8. The van der Waals surface area contributed by atoms with Gasteiger partial charge in [-0.15, -0.1) is 0 Å². The molecule has 1 heterocycles. The number of hydrogen-bond acceptors (Lipinski definition) is 7. The van der Waals surface area contributed by atoms with Crippen LogP contribution in [-0.2, 0) is 0 Å². The van der Waals surface area contributed by atoms with Crippen molar-refractivity contribution in [2.24, 2.45) is 0 Å². The van der Waals surface area contributed by atoms with E-state index < -0.39 is 6.04 Å². The highest BCUT2D eigenvalue weighted by molar-refractivity contribution is 5.94. The summed E-state index contributed by atoms with van der Waals surface area (Å²) in [5.41, 5.74) is 1.22. The van der Waals surface area contributed by atoms with Crippen LogP contribution >= 0.6 is 0 Å². The summed E-state index contributed by atoms with van der Waals surface area (Å²) in [6.07, 6.45) is 0. The summed E-state index contributed by atoms with van der Waals surface area (Å²) in [6, 6.07) is 11.8. The van der Waals surface area contributed by atoms with Gasteiger partial charge >= 0.3 is 0 Å².